The number of amides is 1. The Labute approximate surface area is 191 Å². The first-order chi connectivity index (χ1) is 15.9. The zero-order valence-electron chi connectivity index (χ0n) is 18.9. The molecular formula is C26H25NO6. The number of hydrogen-bond donors (Lipinski definition) is 1. The number of aryl methyl sites for hydroxylation is 2. The minimum absolute atomic E-state index is 0.0374. The summed E-state index contributed by atoms with van der Waals surface area (Å²) in [5.41, 5.74) is 3.00. The van der Waals surface area contributed by atoms with Gasteiger partial charge in [-0.2, -0.15) is 0 Å². The molecule has 0 bridgehead atoms. The quantitative estimate of drug-likeness (QED) is 0.508. The molecule has 0 saturated heterocycles. The van der Waals surface area contributed by atoms with Crippen LogP contribution in [0.2, 0.25) is 0 Å². The molecule has 2 aromatic carbocycles. The molecule has 2 heterocycles. The largest absolute Gasteiger partial charge is 0.503 e. The van der Waals surface area contributed by atoms with Gasteiger partial charge in [0.05, 0.1) is 31.6 Å². The van der Waals surface area contributed by atoms with Crippen LogP contribution in [-0.4, -0.2) is 30.5 Å². The van der Waals surface area contributed by atoms with E-state index < -0.39 is 23.5 Å². The summed E-state index contributed by atoms with van der Waals surface area (Å²) in [5, 5.41) is 10.9. The van der Waals surface area contributed by atoms with E-state index in [1.54, 1.807) is 24.3 Å². The van der Waals surface area contributed by atoms with Gasteiger partial charge in [-0.15, -0.1) is 0 Å². The van der Waals surface area contributed by atoms with Crippen LogP contribution >= 0.6 is 0 Å². The maximum atomic E-state index is 13.4. The van der Waals surface area contributed by atoms with E-state index in [1.807, 2.05) is 39.0 Å². The first-order valence-corrected chi connectivity index (χ1v) is 10.6. The number of methoxy groups -OCH3 is 1. The maximum absolute atomic E-state index is 13.4. The number of carbonyl (C=O) groups is 2. The molecule has 7 nitrogen and oxygen atoms in total. The van der Waals surface area contributed by atoms with Gasteiger partial charge >= 0.3 is 0 Å². The number of ether oxygens (including phenoxy) is 2. The van der Waals surface area contributed by atoms with Crippen molar-refractivity contribution >= 4 is 17.4 Å². The highest BCUT2D eigenvalue weighted by atomic mass is 16.5. The van der Waals surface area contributed by atoms with Gasteiger partial charge in [0.15, 0.2) is 23.0 Å². The van der Waals surface area contributed by atoms with Crippen molar-refractivity contribution in [3.63, 3.8) is 0 Å². The molecule has 0 aliphatic carbocycles. The van der Waals surface area contributed by atoms with Crippen LogP contribution in [0.15, 0.2) is 70.5 Å². The summed E-state index contributed by atoms with van der Waals surface area (Å²) in [6, 6.07) is 13.0. The summed E-state index contributed by atoms with van der Waals surface area (Å²) in [7, 11) is 1.54. The van der Waals surface area contributed by atoms with Crippen molar-refractivity contribution in [1.29, 1.82) is 0 Å². The van der Waals surface area contributed by atoms with E-state index in [2.05, 4.69) is 0 Å². The van der Waals surface area contributed by atoms with Crippen LogP contribution in [0.1, 0.15) is 40.2 Å². The zero-order chi connectivity index (χ0) is 23.7. The lowest BCUT2D eigenvalue weighted by Crippen LogP contribution is -2.31. The first kappa shape index (κ1) is 22.2. The second-order valence-electron chi connectivity index (χ2n) is 7.78. The minimum atomic E-state index is -0.887. The Morgan fingerprint density at radius 1 is 1.12 bits per heavy atom. The highest BCUT2D eigenvalue weighted by Crippen LogP contribution is 2.44. The van der Waals surface area contributed by atoms with Crippen molar-refractivity contribution < 1.29 is 28.6 Å². The molecular weight excluding hydrogens is 422 g/mol. The Morgan fingerprint density at radius 2 is 1.91 bits per heavy atom. The monoisotopic (exact) mass is 447 g/mol. The number of carbonyl (C=O) groups excluding carboxylic acids is 2. The molecule has 1 aliphatic heterocycles. The summed E-state index contributed by atoms with van der Waals surface area (Å²) in [6.45, 7) is 6.10. The average Bonchev–Trinajstić information content (AvgIpc) is 3.42. The van der Waals surface area contributed by atoms with E-state index in [9.17, 15) is 14.7 Å². The molecule has 1 unspecified atom stereocenters. The van der Waals surface area contributed by atoms with Crippen molar-refractivity contribution in [3.05, 3.63) is 88.6 Å². The molecule has 0 radical (unpaired) electrons. The van der Waals surface area contributed by atoms with Gasteiger partial charge in [-0.05, 0) is 62.2 Å². The molecule has 1 amide bonds. The molecule has 1 atom stereocenters. The van der Waals surface area contributed by atoms with Crippen LogP contribution in [0.25, 0.3) is 0 Å². The van der Waals surface area contributed by atoms with Crippen molar-refractivity contribution in [2.45, 2.75) is 26.8 Å². The maximum Gasteiger partial charge on any atom is 0.294 e. The lowest BCUT2D eigenvalue weighted by atomic mass is 9.94. The molecule has 4 rings (SSSR count). The van der Waals surface area contributed by atoms with Crippen LogP contribution in [0, 0.1) is 13.8 Å². The SMILES string of the molecule is CCOc1cc(C2C(C(=O)c3ccco3)=C(O)C(=O)N2c2ccc(C)cc2C)ccc1OC. The lowest BCUT2D eigenvalue weighted by Gasteiger charge is -2.28. The van der Waals surface area contributed by atoms with Crippen LogP contribution in [0.5, 0.6) is 11.5 Å². The fraction of sp³-hybridized carbons (Fsp3) is 0.231. The molecule has 7 heteroatoms. The van der Waals surface area contributed by atoms with E-state index >= 15 is 0 Å². The van der Waals surface area contributed by atoms with Crippen LogP contribution < -0.4 is 14.4 Å². The van der Waals surface area contributed by atoms with Crippen LogP contribution in [0.4, 0.5) is 5.69 Å². The summed E-state index contributed by atoms with van der Waals surface area (Å²) in [6.07, 6.45) is 1.37. The number of ketones is 1. The molecule has 0 spiro atoms. The number of hydrogen-bond acceptors (Lipinski definition) is 6. The van der Waals surface area contributed by atoms with Crippen molar-refractivity contribution in [2.24, 2.45) is 0 Å². The average molecular weight is 447 g/mol. The van der Waals surface area contributed by atoms with E-state index in [-0.39, 0.29) is 11.3 Å². The van der Waals surface area contributed by atoms with E-state index in [4.69, 9.17) is 13.9 Å². The second kappa shape index (κ2) is 8.86. The van der Waals surface area contributed by atoms with Gasteiger partial charge in [-0.3, -0.25) is 14.5 Å². The van der Waals surface area contributed by atoms with Crippen LogP contribution in [-0.2, 0) is 4.79 Å². The van der Waals surface area contributed by atoms with Gasteiger partial charge in [0.25, 0.3) is 5.91 Å². The third kappa shape index (κ3) is 3.86. The normalized spacial score (nSPS) is 15.8. The number of anilines is 1. The Bertz CT molecular complexity index is 1240. The third-order valence-electron chi connectivity index (χ3n) is 5.61. The summed E-state index contributed by atoms with van der Waals surface area (Å²) in [5.74, 6) is -0.783. The van der Waals surface area contributed by atoms with Crippen molar-refractivity contribution in [2.75, 3.05) is 18.6 Å². The van der Waals surface area contributed by atoms with Crippen molar-refractivity contribution in [3.8, 4) is 11.5 Å². The molecule has 3 aromatic rings. The molecule has 0 fully saturated rings. The van der Waals surface area contributed by atoms with Crippen molar-refractivity contribution in [1.82, 2.24) is 0 Å². The zero-order valence-corrected chi connectivity index (χ0v) is 18.9. The standard InChI is InChI=1S/C26H25NO6/c1-5-32-21-14-17(9-11-19(21)31-4)23-22(24(28)20-7-6-12-33-20)25(29)26(30)27(23)18-10-8-15(2)13-16(18)3/h6-14,23,29H,5H2,1-4H3. The Morgan fingerprint density at radius 3 is 2.55 bits per heavy atom. The Kier molecular flexibility index (Phi) is 5.96. The summed E-state index contributed by atoms with van der Waals surface area (Å²) >= 11 is 0. The predicted octanol–water partition coefficient (Wildman–Crippen LogP) is 5.09. The number of furan rings is 1. The van der Waals surface area contributed by atoms with E-state index in [0.29, 0.717) is 29.4 Å². The number of Topliss-reactive ketones (excluding diaryl/α,β-unsaturated/α-hetero) is 1. The van der Waals surface area contributed by atoms with E-state index in [0.717, 1.165) is 11.1 Å². The molecule has 33 heavy (non-hydrogen) atoms. The predicted molar refractivity (Wildman–Crippen MR) is 123 cm³/mol. The number of aliphatic hydroxyl groups excluding tert-OH is 1. The van der Waals surface area contributed by atoms with Gasteiger partial charge in [0.2, 0.25) is 5.78 Å². The Balaban J connectivity index is 1.92. The fourth-order valence-electron chi connectivity index (χ4n) is 4.15. The smallest absolute Gasteiger partial charge is 0.294 e. The van der Waals surface area contributed by atoms with Gasteiger partial charge in [-0.25, -0.2) is 0 Å². The second-order valence-corrected chi connectivity index (χ2v) is 7.78. The number of aliphatic hydroxyl groups is 1. The highest BCUT2D eigenvalue weighted by molar-refractivity contribution is 6.20. The third-order valence-corrected chi connectivity index (χ3v) is 5.61. The number of nitrogens with zero attached hydrogens (tertiary/aromatic N) is 1. The van der Waals surface area contributed by atoms with Gasteiger partial charge in [0, 0.05) is 5.69 Å². The highest BCUT2D eigenvalue weighted by Gasteiger charge is 2.45. The fourth-order valence-corrected chi connectivity index (χ4v) is 4.15. The molecule has 1 aromatic heterocycles. The molecule has 1 aliphatic rings. The number of benzene rings is 2. The topological polar surface area (TPSA) is 89.2 Å². The molecule has 170 valence electrons. The first-order valence-electron chi connectivity index (χ1n) is 10.6. The van der Waals surface area contributed by atoms with E-state index in [1.165, 1.54) is 24.3 Å². The summed E-state index contributed by atoms with van der Waals surface area (Å²) in [4.78, 5) is 28.1. The van der Waals surface area contributed by atoms with Gasteiger partial charge < -0.3 is 19.0 Å². The van der Waals surface area contributed by atoms with Gasteiger partial charge in [-0.1, -0.05) is 23.8 Å². The molecule has 0 saturated carbocycles. The van der Waals surface area contributed by atoms with Gasteiger partial charge in [0.1, 0.15) is 0 Å². The Hall–Kier alpha value is -4.00. The minimum Gasteiger partial charge on any atom is -0.503 e. The number of rotatable bonds is 7. The molecule has 1 N–H and O–H groups in total. The summed E-state index contributed by atoms with van der Waals surface area (Å²) < 4.78 is 16.4. The van der Waals surface area contributed by atoms with Crippen LogP contribution in [0.3, 0.4) is 0 Å². The lowest BCUT2D eigenvalue weighted by molar-refractivity contribution is -0.117.